The predicted octanol–water partition coefficient (Wildman–Crippen LogP) is 2.97. The second-order valence-electron chi connectivity index (χ2n) is 4.66. The SMILES string of the molecule is NC1c2ccccc2CC1Oc1cc(F)ccc1F. The molecule has 0 spiro atoms. The topological polar surface area (TPSA) is 35.2 Å². The van der Waals surface area contributed by atoms with Crippen molar-refractivity contribution in [1.82, 2.24) is 0 Å². The van der Waals surface area contributed by atoms with Crippen molar-refractivity contribution in [2.24, 2.45) is 5.73 Å². The van der Waals surface area contributed by atoms with Crippen molar-refractivity contribution in [1.29, 1.82) is 0 Å². The summed E-state index contributed by atoms with van der Waals surface area (Å²) in [7, 11) is 0. The summed E-state index contributed by atoms with van der Waals surface area (Å²) in [5.74, 6) is -1.20. The lowest BCUT2D eigenvalue weighted by atomic mass is 10.1. The van der Waals surface area contributed by atoms with Gasteiger partial charge in [-0.05, 0) is 23.3 Å². The Morgan fingerprint density at radius 2 is 1.89 bits per heavy atom. The molecular weight excluding hydrogens is 248 g/mol. The third-order valence-electron chi connectivity index (χ3n) is 3.41. The molecular formula is C15H13F2NO. The van der Waals surface area contributed by atoms with E-state index in [4.69, 9.17) is 10.5 Å². The Bertz CT molecular complexity index is 615. The fourth-order valence-corrected chi connectivity index (χ4v) is 2.43. The van der Waals surface area contributed by atoms with Crippen LogP contribution in [0.1, 0.15) is 17.2 Å². The normalized spacial score (nSPS) is 21.2. The smallest absolute Gasteiger partial charge is 0.165 e. The molecule has 0 saturated carbocycles. The Kier molecular flexibility index (Phi) is 2.95. The summed E-state index contributed by atoms with van der Waals surface area (Å²) in [6.45, 7) is 0. The lowest BCUT2D eigenvalue weighted by Crippen LogP contribution is -2.28. The third-order valence-corrected chi connectivity index (χ3v) is 3.41. The lowest BCUT2D eigenvalue weighted by Gasteiger charge is -2.18. The number of ether oxygens (including phenoxy) is 1. The third kappa shape index (κ3) is 2.19. The second-order valence-corrected chi connectivity index (χ2v) is 4.66. The first kappa shape index (κ1) is 12.1. The Hall–Kier alpha value is -1.94. The maximum atomic E-state index is 13.5. The van der Waals surface area contributed by atoms with Gasteiger partial charge < -0.3 is 10.5 Å². The number of nitrogens with two attached hydrogens (primary N) is 1. The van der Waals surface area contributed by atoms with Crippen LogP contribution in [0.4, 0.5) is 8.78 Å². The minimum atomic E-state index is -0.579. The number of benzene rings is 2. The zero-order chi connectivity index (χ0) is 13.4. The molecule has 0 fully saturated rings. The fraction of sp³-hybridized carbons (Fsp3) is 0.200. The second kappa shape index (κ2) is 4.63. The van der Waals surface area contributed by atoms with E-state index in [9.17, 15) is 8.78 Å². The summed E-state index contributed by atoms with van der Waals surface area (Å²) in [5.41, 5.74) is 8.18. The van der Waals surface area contributed by atoms with E-state index >= 15 is 0 Å². The maximum Gasteiger partial charge on any atom is 0.165 e. The van der Waals surface area contributed by atoms with Crippen LogP contribution in [0.25, 0.3) is 0 Å². The number of hydrogen-bond acceptors (Lipinski definition) is 2. The van der Waals surface area contributed by atoms with E-state index in [0.717, 1.165) is 29.3 Å². The van der Waals surface area contributed by atoms with E-state index in [2.05, 4.69) is 0 Å². The van der Waals surface area contributed by atoms with E-state index < -0.39 is 11.6 Å². The Labute approximate surface area is 109 Å². The summed E-state index contributed by atoms with van der Waals surface area (Å²) in [6.07, 6.45) is 0.238. The molecule has 19 heavy (non-hydrogen) atoms. The van der Waals surface area contributed by atoms with Crippen LogP contribution >= 0.6 is 0 Å². The van der Waals surface area contributed by atoms with Crippen molar-refractivity contribution in [3.8, 4) is 5.75 Å². The van der Waals surface area contributed by atoms with E-state index in [-0.39, 0.29) is 17.9 Å². The van der Waals surface area contributed by atoms with E-state index in [1.165, 1.54) is 0 Å². The van der Waals surface area contributed by atoms with Gasteiger partial charge in [0, 0.05) is 12.5 Å². The predicted molar refractivity (Wildman–Crippen MR) is 67.8 cm³/mol. The summed E-state index contributed by atoms with van der Waals surface area (Å²) >= 11 is 0. The maximum absolute atomic E-state index is 13.5. The average molecular weight is 261 g/mol. The number of rotatable bonds is 2. The van der Waals surface area contributed by atoms with Crippen LogP contribution in [0.5, 0.6) is 5.75 Å². The number of halogens is 2. The minimum absolute atomic E-state index is 0.0896. The van der Waals surface area contributed by atoms with Gasteiger partial charge in [-0.1, -0.05) is 24.3 Å². The van der Waals surface area contributed by atoms with Crippen molar-refractivity contribution in [3.63, 3.8) is 0 Å². The van der Waals surface area contributed by atoms with E-state index in [1.54, 1.807) is 0 Å². The summed E-state index contributed by atoms with van der Waals surface area (Å²) in [5, 5.41) is 0. The Morgan fingerprint density at radius 3 is 2.68 bits per heavy atom. The van der Waals surface area contributed by atoms with Gasteiger partial charge in [0.05, 0.1) is 6.04 Å². The van der Waals surface area contributed by atoms with Crippen molar-refractivity contribution >= 4 is 0 Å². The quantitative estimate of drug-likeness (QED) is 0.902. The van der Waals surface area contributed by atoms with Crippen molar-refractivity contribution in [3.05, 3.63) is 65.2 Å². The standard InChI is InChI=1S/C15H13F2NO/c16-10-5-6-12(17)13(8-10)19-14-7-9-3-1-2-4-11(9)15(14)18/h1-6,8,14-15H,7,18H2. The molecule has 98 valence electrons. The van der Waals surface area contributed by atoms with Crippen LogP contribution < -0.4 is 10.5 Å². The monoisotopic (exact) mass is 261 g/mol. The molecule has 2 unspecified atom stereocenters. The van der Waals surface area contributed by atoms with Gasteiger partial charge in [0.25, 0.3) is 0 Å². The van der Waals surface area contributed by atoms with Crippen LogP contribution in [-0.2, 0) is 6.42 Å². The van der Waals surface area contributed by atoms with Crippen molar-refractivity contribution in [2.45, 2.75) is 18.6 Å². The zero-order valence-electron chi connectivity index (χ0n) is 10.1. The first-order valence-corrected chi connectivity index (χ1v) is 6.10. The zero-order valence-corrected chi connectivity index (χ0v) is 10.1. The molecule has 0 heterocycles. The van der Waals surface area contributed by atoms with Crippen LogP contribution in [-0.4, -0.2) is 6.10 Å². The van der Waals surface area contributed by atoms with Gasteiger partial charge in [-0.15, -0.1) is 0 Å². The average Bonchev–Trinajstić information content (AvgIpc) is 2.72. The molecule has 2 nitrogen and oxygen atoms in total. The first-order valence-electron chi connectivity index (χ1n) is 6.10. The van der Waals surface area contributed by atoms with Crippen LogP contribution in [0.3, 0.4) is 0 Å². The van der Waals surface area contributed by atoms with Gasteiger partial charge in [-0.2, -0.15) is 0 Å². The molecule has 0 radical (unpaired) electrons. The Morgan fingerprint density at radius 1 is 1.11 bits per heavy atom. The minimum Gasteiger partial charge on any atom is -0.485 e. The molecule has 0 amide bonds. The molecule has 2 aromatic carbocycles. The van der Waals surface area contributed by atoms with Crippen molar-refractivity contribution in [2.75, 3.05) is 0 Å². The molecule has 1 aliphatic carbocycles. The molecule has 0 aromatic heterocycles. The highest BCUT2D eigenvalue weighted by Gasteiger charge is 2.31. The molecule has 1 aliphatic rings. The van der Waals surface area contributed by atoms with Gasteiger partial charge in [-0.25, -0.2) is 8.78 Å². The summed E-state index contributed by atoms with van der Waals surface area (Å²) < 4.78 is 32.2. The van der Waals surface area contributed by atoms with Gasteiger partial charge in [0.15, 0.2) is 11.6 Å². The highest BCUT2D eigenvalue weighted by molar-refractivity contribution is 5.37. The lowest BCUT2D eigenvalue weighted by molar-refractivity contribution is 0.176. The van der Waals surface area contributed by atoms with Gasteiger partial charge in [0.1, 0.15) is 11.9 Å². The van der Waals surface area contributed by atoms with Gasteiger partial charge in [0.2, 0.25) is 0 Å². The molecule has 0 bridgehead atoms. The number of fused-ring (bicyclic) bond motifs is 1. The largest absolute Gasteiger partial charge is 0.485 e. The molecule has 0 aliphatic heterocycles. The highest BCUT2D eigenvalue weighted by atomic mass is 19.1. The molecule has 4 heteroatoms. The first-order chi connectivity index (χ1) is 9.15. The molecule has 0 saturated heterocycles. The highest BCUT2D eigenvalue weighted by Crippen LogP contribution is 2.33. The molecule has 2 N–H and O–H groups in total. The summed E-state index contributed by atoms with van der Waals surface area (Å²) in [4.78, 5) is 0. The molecule has 2 aromatic rings. The van der Waals surface area contributed by atoms with Crippen molar-refractivity contribution < 1.29 is 13.5 Å². The van der Waals surface area contributed by atoms with Crippen LogP contribution in [0.15, 0.2) is 42.5 Å². The molecule has 2 atom stereocenters. The Balaban J connectivity index is 1.85. The number of hydrogen-bond donors (Lipinski definition) is 1. The van der Waals surface area contributed by atoms with Crippen LogP contribution in [0.2, 0.25) is 0 Å². The van der Waals surface area contributed by atoms with E-state index in [1.807, 2.05) is 24.3 Å². The van der Waals surface area contributed by atoms with Crippen LogP contribution in [0, 0.1) is 11.6 Å². The molecule has 3 rings (SSSR count). The van der Waals surface area contributed by atoms with E-state index in [0.29, 0.717) is 6.42 Å². The van der Waals surface area contributed by atoms with Gasteiger partial charge >= 0.3 is 0 Å². The summed E-state index contributed by atoms with van der Waals surface area (Å²) in [6, 6.07) is 10.6. The van der Waals surface area contributed by atoms with Gasteiger partial charge in [-0.3, -0.25) is 0 Å². The fourth-order valence-electron chi connectivity index (χ4n) is 2.43.